The van der Waals surface area contributed by atoms with Crippen molar-refractivity contribution in [3.8, 4) is 0 Å². The summed E-state index contributed by atoms with van der Waals surface area (Å²) in [5.41, 5.74) is -0.673. The first-order valence-electron chi connectivity index (χ1n) is 8.24. The Bertz CT molecular complexity index is 806. The minimum absolute atomic E-state index is 0.135. The van der Waals surface area contributed by atoms with Crippen LogP contribution in [0.5, 0.6) is 0 Å². The molecule has 0 radical (unpaired) electrons. The van der Waals surface area contributed by atoms with Crippen molar-refractivity contribution in [1.82, 2.24) is 10.3 Å². The zero-order valence-electron chi connectivity index (χ0n) is 14.1. The van der Waals surface area contributed by atoms with Crippen molar-refractivity contribution in [3.05, 3.63) is 58.5 Å². The zero-order chi connectivity index (χ0) is 19.6. The van der Waals surface area contributed by atoms with E-state index in [-0.39, 0.29) is 29.0 Å². The highest BCUT2D eigenvalue weighted by molar-refractivity contribution is 6.31. The molecular formula is C18H16ClF4N3O. The van der Waals surface area contributed by atoms with Crippen LogP contribution in [0.3, 0.4) is 0 Å². The standard InChI is InChI=1S/C18H16ClF4N3O/c19-14-2-1-3-15(20)13(14)8-17(27)25-12-6-7-26(10-12)16-5-4-11(9-24-16)18(21,22)23/h1-5,9,12H,6-8,10H2,(H,25,27). The summed E-state index contributed by atoms with van der Waals surface area (Å²) in [7, 11) is 0. The molecule has 3 rings (SSSR count). The summed E-state index contributed by atoms with van der Waals surface area (Å²) in [4.78, 5) is 17.8. The minimum Gasteiger partial charge on any atom is -0.354 e. The van der Waals surface area contributed by atoms with Gasteiger partial charge in [-0.3, -0.25) is 4.79 Å². The molecule has 1 saturated heterocycles. The van der Waals surface area contributed by atoms with Gasteiger partial charge in [0.05, 0.1) is 12.0 Å². The quantitative estimate of drug-likeness (QED) is 0.792. The third-order valence-electron chi connectivity index (χ3n) is 4.35. The van der Waals surface area contributed by atoms with E-state index in [0.717, 1.165) is 12.3 Å². The zero-order valence-corrected chi connectivity index (χ0v) is 14.8. The highest BCUT2D eigenvalue weighted by atomic mass is 35.5. The fourth-order valence-electron chi connectivity index (χ4n) is 2.97. The van der Waals surface area contributed by atoms with Crippen molar-refractivity contribution in [2.24, 2.45) is 0 Å². The molecule has 1 unspecified atom stereocenters. The van der Waals surface area contributed by atoms with Crippen LogP contribution in [0.4, 0.5) is 23.4 Å². The van der Waals surface area contributed by atoms with Crippen LogP contribution in [0.2, 0.25) is 5.02 Å². The monoisotopic (exact) mass is 401 g/mol. The van der Waals surface area contributed by atoms with Crippen LogP contribution in [0.25, 0.3) is 0 Å². The second-order valence-corrected chi connectivity index (χ2v) is 6.69. The molecule has 0 saturated carbocycles. The van der Waals surface area contributed by atoms with E-state index in [2.05, 4.69) is 10.3 Å². The fraction of sp³-hybridized carbons (Fsp3) is 0.333. The summed E-state index contributed by atoms with van der Waals surface area (Å²) >= 11 is 5.92. The molecule has 2 heterocycles. The van der Waals surface area contributed by atoms with Gasteiger partial charge in [-0.1, -0.05) is 17.7 Å². The van der Waals surface area contributed by atoms with Crippen molar-refractivity contribution in [2.45, 2.75) is 25.1 Å². The van der Waals surface area contributed by atoms with Crippen LogP contribution in [0.15, 0.2) is 36.5 Å². The van der Waals surface area contributed by atoms with Gasteiger partial charge >= 0.3 is 6.18 Å². The van der Waals surface area contributed by atoms with E-state index >= 15 is 0 Å². The molecule has 0 spiro atoms. The molecule has 1 aliphatic heterocycles. The molecule has 144 valence electrons. The van der Waals surface area contributed by atoms with Crippen molar-refractivity contribution in [1.29, 1.82) is 0 Å². The van der Waals surface area contributed by atoms with E-state index in [1.807, 2.05) is 0 Å². The maximum Gasteiger partial charge on any atom is 0.417 e. The lowest BCUT2D eigenvalue weighted by Crippen LogP contribution is -2.38. The molecule has 1 fully saturated rings. The SMILES string of the molecule is O=C(Cc1c(F)cccc1Cl)NC1CCN(c2ccc(C(F)(F)F)cn2)C1. The van der Waals surface area contributed by atoms with Crippen LogP contribution in [-0.2, 0) is 17.4 Å². The first-order chi connectivity index (χ1) is 12.7. The van der Waals surface area contributed by atoms with Crippen molar-refractivity contribution >= 4 is 23.3 Å². The molecule has 0 aliphatic carbocycles. The number of alkyl halides is 3. The topological polar surface area (TPSA) is 45.2 Å². The number of nitrogens with zero attached hydrogens (tertiary/aromatic N) is 2. The number of hydrogen-bond acceptors (Lipinski definition) is 3. The second-order valence-electron chi connectivity index (χ2n) is 6.28. The minimum atomic E-state index is -4.43. The second kappa shape index (κ2) is 7.72. The Morgan fingerprint density at radius 2 is 2.07 bits per heavy atom. The Balaban J connectivity index is 1.57. The number of benzene rings is 1. The Hall–Kier alpha value is -2.35. The van der Waals surface area contributed by atoms with Crippen molar-refractivity contribution in [3.63, 3.8) is 0 Å². The number of hydrogen-bond donors (Lipinski definition) is 1. The highest BCUT2D eigenvalue weighted by Gasteiger charge is 2.31. The van der Waals surface area contributed by atoms with Gasteiger partial charge in [-0.15, -0.1) is 0 Å². The number of carbonyl (C=O) groups is 1. The average molecular weight is 402 g/mol. The number of amides is 1. The summed E-state index contributed by atoms with van der Waals surface area (Å²) in [5.74, 6) is -0.495. The van der Waals surface area contributed by atoms with Gasteiger partial charge < -0.3 is 10.2 Å². The lowest BCUT2D eigenvalue weighted by molar-refractivity contribution is -0.137. The smallest absolute Gasteiger partial charge is 0.354 e. The summed E-state index contributed by atoms with van der Waals surface area (Å²) in [6, 6.07) is 6.31. The maximum absolute atomic E-state index is 13.8. The third kappa shape index (κ3) is 4.68. The van der Waals surface area contributed by atoms with Gasteiger partial charge in [0.15, 0.2) is 0 Å². The molecule has 1 aromatic carbocycles. The fourth-order valence-corrected chi connectivity index (χ4v) is 3.20. The number of aromatic nitrogens is 1. The molecule has 0 bridgehead atoms. The van der Waals surface area contributed by atoms with E-state index < -0.39 is 17.6 Å². The van der Waals surface area contributed by atoms with Crippen LogP contribution < -0.4 is 10.2 Å². The van der Waals surface area contributed by atoms with E-state index in [1.54, 1.807) is 4.90 Å². The normalized spacial score (nSPS) is 17.2. The summed E-state index contributed by atoms with van der Waals surface area (Å²) in [6.45, 7) is 0.957. The number of carbonyl (C=O) groups excluding carboxylic acids is 1. The van der Waals surface area contributed by atoms with Gasteiger partial charge in [0, 0.05) is 35.9 Å². The van der Waals surface area contributed by atoms with Gasteiger partial charge in [0.25, 0.3) is 0 Å². The number of pyridine rings is 1. The van der Waals surface area contributed by atoms with Gasteiger partial charge in [-0.2, -0.15) is 13.2 Å². The number of rotatable bonds is 4. The van der Waals surface area contributed by atoms with Gasteiger partial charge in [0.1, 0.15) is 11.6 Å². The molecular weight excluding hydrogens is 386 g/mol. The van der Waals surface area contributed by atoms with E-state index in [1.165, 1.54) is 24.3 Å². The number of anilines is 1. The lowest BCUT2D eigenvalue weighted by atomic mass is 10.1. The Labute approximate surface area is 158 Å². The van der Waals surface area contributed by atoms with Gasteiger partial charge in [-0.05, 0) is 30.7 Å². The molecule has 9 heteroatoms. The largest absolute Gasteiger partial charge is 0.417 e. The molecule has 1 aromatic heterocycles. The summed E-state index contributed by atoms with van der Waals surface area (Å²) < 4.78 is 51.6. The van der Waals surface area contributed by atoms with Gasteiger partial charge in [-0.25, -0.2) is 9.37 Å². The van der Waals surface area contributed by atoms with Crippen LogP contribution in [0, 0.1) is 5.82 Å². The predicted octanol–water partition coefficient (Wildman–Crippen LogP) is 3.83. The maximum atomic E-state index is 13.8. The van der Waals surface area contributed by atoms with Crippen LogP contribution in [0.1, 0.15) is 17.5 Å². The molecule has 1 N–H and O–H groups in total. The van der Waals surface area contributed by atoms with Gasteiger partial charge in [0.2, 0.25) is 5.91 Å². The third-order valence-corrected chi connectivity index (χ3v) is 4.71. The van der Waals surface area contributed by atoms with E-state index in [0.29, 0.717) is 25.3 Å². The lowest BCUT2D eigenvalue weighted by Gasteiger charge is -2.18. The molecule has 1 atom stereocenters. The first kappa shape index (κ1) is 19.4. The van der Waals surface area contributed by atoms with Crippen molar-refractivity contribution in [2.75, 3.05) is 18.0 Å². The Morgan fingerprint density at radius 3 is 2.70 bits per heavy atom. The molecule has 2 aromatic rings. The molecule has 1 aliphatic rings. The van der Waals surface area contributed by atoms with Crippen LogP contribution in [-0.4, -0.2) is 30.0 Å². The first-order valence-corrected chi connectivity index (χ1v) is 8.62. The summed E-state index contributed by atoms with van der Waals surface area (Å²) in [5, 5.41) is 2.99. The van der Waals surface area contributed by atoms with E-state index in [9.17, 15) is 22.4 Å². The average Bonchev–Trinajstić information content (AvgIpc) is 3.06. The van der Waals surface area contributed by atoms with Crippen molar-refractivity contribution < 1.29 is 22.4 Å². The molecule has 4 nitrogen and oxygen atoms in total. The highest BCUT2D eigenvalue weighted by Crippen LogP contribution is 2.30. The Kier molecular flexibility index (Phi) is 5.55. The number of nitrogens with one attached hydrogen (secondary N) is 1. The van der Waals surface area contributed by atoms with E-state index in [4.69, 9.17) is 11.6 Å². The van der Waals surface area contributed by atoms with Crippen LogP contribution >= 0.6 is 11.6 Å². The molecule has 1 amide bonds. The number of halogens is 5. The Morgan fingerprint density at radius 1 is 1.30 bits per heavy atom. The molecule has 27 heavy (non-hydrogen) atoms. The summed E-state index contributed by atoms with van der Waals surface area (Å²) in [6.07, 6.45) is -3.21. The predicted molar refractivity (Wildman–Crippen MR) is 93.1 cm³/mol.